The van der Waals surface area contributed by atoms with E-state index in [2.05, 4.69) is 10.3 Å². The number of nitrogens with one attached hydrogen (secondary N) is 1. The molecule has 0 fully saturated rings. The molecule has 1 amide bonds. The lowest BCUT2D eigenvalue weighted by Crippen LogP contribution is -2.23. The van der Waals surface area contributed by atoms with Gasteiger partial charge < -0.3 is 15.5 Å². The summed E-state index contributed by atoms with van der Waals surface area (Å²) in [6.45, 7) is 0.418. The van der Waals surface area contributed by atoms with Crippen molar-refractivity contribution in [2.45, 2.75) is 6.54 Å². The summed E-state index contributed by atoms with van der Waals surface area (Å²) in [5.74, 6) is -0.235. The molecule has 82 valence electrons. The fraction of sp³-hybridized carbons (Fsp3) is 0.0909. The van der Waals surface area contributed by atoms with Crippen LogP contribution in [0.2, 0.25) is 0 Å². The molecule has 0 saturated carbocycles. The zero-order valence-electron chi connectivity index (χ0n) is 8.51. The van der Waals surface area contributed by atoms with Crippen molar-refractivity contribution in [2.75, 3.05) is 5.73 Å². The molecular formula is C11H11N3O2. The second-order valence-electron chi connectivity index (χ2n) is 3.29. The lowest BCUT2D eigenvalue weighted by molar-refractivity contribution is 0.0946. The van der Waals surface area contributed by atoms with Crippen LogP contribution in [0.5, 0.6) is 0 Å². The minimum atomic E-state index is -0.235. The molecule has 2 heterocycles. The van der Waals surface area contributed by atoms with Crippen LogP contribution in [0.25, 0.3) is 0 Å². The number of amides is 1. The van der Waals surface area contributed by atoms with E-state index in [9.17, 15) is 4.79 Å². The van der Waals surface area contributed by atoms with Crippen molar-refractivity contribution in [1.82, 2.24) is 10.3 Å². The van der Waals surface area contributed by atoms with Gasteiger partial charge in [0.25, 0.3) is 5.91 Å². The van der Waals surface area contributed by atoms with Gasteiger partial charge in [0.05, 0.1) is 24.4 Å². The van der Waals surface area contributed by atoms with Gasteiger partial charge in [-0.05, 0) is 18.2 Å². The number of furan rings is 1. The highest BCUT2D eigenvalue weighted by atomic mass is 16.3. The summed E-state index contributed by atoms with van der Waals surface area (Å²) in [5.41, 5.74) is 7.26. The average molecular weight is 217 g/mol. The van der Waals surface area contributed by atoms with E-state index in [0.717, 1.165) is 5.56 Å². The topological polar surface area (TPSA) is 81.2 Å². The number of nitrogen functional groups attached to an aromatic ring is 1. The van der Waals surface area contributed by atoms with Gasteiger partial charge in [0.1, 0.15) is 5.69 Å². The predicted molar refractivity (Wildman–Crippen MR) is 58.5 cm³/mol. The van der Waals surface area contributed by atoms with Crippen molar-refractivity contribution in [3.8, 4) is 0 Å². The first kappa shape index (κ1) is 10.2. The predicted octanol–water partition coefficient (Wildman–Crippen LogP) is 1.19. The van der Waals surface area contributed by atoms with E-state index >= 15 is 0 Å². The first-order valence-corrected chi connectivity index (χ1v) is 4.76. The summed E-state index contributed by atoms with van der Waals surface area (Å²) in [5, 5.41) is 2.72. The van der Waals surface area contributed by atoms with E-state index < -0.39 is 0 Å². The maximum Gasteiger partial charge on any atom is 0.270 e. The van der Waals surface area contributed by atoms with E-state index in [1.54, 1.807) is 30.7 Å². The molecule has 0 spiro atoms. The summed E-state index contributed by atoms with van der Waals surface area (Å²) in [7, 11) is 0. The number of nitrogens with two attached hydrogens (primary N) is 1. The Balaban J connectivity index is 1.95. The third-order valence-corrected chi connectivity index (χ3v) is 2.05. The lowest BCUT2D eigenvalue weighted by atomic mass is 10.3. The Morgan fingerprint density at radius 2 is 2.31 bits per heavy atom. The highest BCUT2D eigenvalue weighted by Gasteiger charge is 2.06. The molecule has 0 radical (unpaired) electrons. The van der Waals surface area contributed by atoms with Gasteiger partial charge in [-0.15, -0.1) is 0 Å². The number of carbonyl (C=O) groups is 1. The second kappa shape index (κ2) is 4.48. The van der Waals surface area contributed by atoms with E-state index in [0.29, 0.717) is 17.9 Å². The number of hydrogen-bond acceptors (Lipinski definition) is 4. The molecule has 0 atom stereocenters. The summed E-state index contributed by atoms with van der Waals surface area (Å²) >= 11 is 0. The first-order chi connectivity index (χ1) is 7.75. The van der Waals surface area contributed by atoms with Crippen molar-refractivity contribution in [1.29, 1.82) is 0 Å². The van der Waals surface area contributed by atoms with Gasteiger partial charge in [-0.2, -0.15) is 0 Å². The smallest absolute Gasteiger partial charge is 0.270 e. The Kier molecular flexibility index (Phi) is 2.86. The highest BCUT2D eigenvalue weighted by molar-refractivity contribution is 5.92. The molecule has 0 aliphatic carbocycles. The zero-order chi connectivity index (χ0) is 11.4. The van der Waals surface area contributed by atoms with E-state index in [1.807, 2.05) is 0 Å². The van der Waals surface area contributed by atoms with Gasteiger partial charge in [-0.3, -0.25) is 4.79 Å². The molecule has 0 aromatic carbocycles. The van der Waals surface area contributed by atoms with Crippen molar-refractivity contribution in [3.63, 3.8) is 0 Å². The summed E-state index contributed by atoms with van der Waals surface area (Å²) in [6.07, 6.45) is 4.59. The largest absolute Gasteiger partial charge is 0.472 e. The fourth-order valence-electron chi connectivity index (χ4n) is 1.21. The van der Waals surface area contributed by atoms with Gasteiger partial charge in [-0.25, -0.2) is 4.98 Å². The maximum atomic E-state index is 11.6. The molecule has 0 unspecified atom stereocenters. The zero-order valence-corrected chi connectivity index (χ0v) is 8.51. The third kappa shape index (κ3) is 2.38. The second-order valence-corrected chi connectivity index (χ2v) is 3.29. The number of hydrogen-bond donors (Lipinski definition) is 2. The quantitative estimate of drug-likeness (QED) is 0.809. The van der Waals surface area contributed by atoms with Crippen LogP contribution in [-0.4, -0.2) is 10.9 Å². The van der Waals surface area contributed by atoms with Crippen molar-refractivity contribution in [2.24, 2.45) is 0 Å². The molecule has 0 saturated heterocycles. The molecule has 2 aromatic rings. The lowest BCUT2D eigenvalue weighted by Gasteiger charge is -2.02. The molecule has 3 N–H and O–H groups in total. The van der Waals surface area contributed by atoms with Crippen LogP contribution >= 0.6 is 0 Å². The summed E-state index contributed by atoms with van der Waals surface area (Å²) < 4.78 is 4.88. The minimum absolute atomic E-state index is 0.235. The van der Waals surface area contributed by atoms with Crippen molar-refractivity contribution >= 4 is 11.6 Å². The Bertz CT molecular complexity index is 462. The average Bonchev–Trinajstić information content (AvgIpc) is 2.80. The maximum absolute atomic E-state index is 11.6. The Labute approximate surface area is 92.3 Å². The molecule has 2 aromatic heterocycles. The van der Waals surface area contributed by atoms with Crippen LogP contribution in [0.4, 0.5) is 5.69 Å². The van der Waals surface area contributed by atoms with Gasteiger partial charge in [0, 0.05) is 12.1 Å². The molecule has 0 aliphatic rings. The molecule has 0 aliphatic heterocycles. The Morgan fingerprint density at radius 1 is 1.44 bits per heavy atom. The molecule has 16 heavy (non-hydrogen) atoms. The number of nitrogens with zero attached hydrogens (tertiary/aromatic N) is 1. The highest BCUT2D eigenvalue weighted by Crippen LogP contribution is 2.02. The van der Waals surface area contributed by atoms with Gasteiger partial charge in [0.2, 0.25) is 0 Å². The van der Waals surface area contributed by atoms with Crippen LogP contribution in [0, 0.1) is 0 Å². The van der Waals surface area contributed by atoms with Crippen molar-refractivity contribution in [3.05, 3.63) is 48.2 Å². The fourth-order valence-corrected chi connectivity index (χ4v) is 1.21. The minimum Gasteiger partial charge on any atom is -0.472 e. The number of aromatic nitrogens is 1. The number of carbonyl (C=O) groups excluding carboxylic acids is 1. The van der Waals surface area contributed by atoms with Gasteiger partial charge in [0.15, 0.2) is 0 Å². The summed E-state index contributed by atoms with van der Waals surface area (Å²) in [4.78, 5) is 15.5. The van der Waals surface area contributed by atoms with Crippen LogP contribution in [-0.2, 0) is 6.54 Å². The molecule has 5 nitrogen and oxygen atoms in total. The Hall–Kier alpha value is -2.30. The van der Waals surface area contributed by atoms with E-state index in [4.69, 9.17) is 10.2 Å². The normalized spacial score (nSPS) is 10.0. The third-order valence-electron chi connectivity index (χ3n) is 2.05. The van der Waals surface area contributed by atoms with E-state index in [1.165, 1.54) is 6.20 Å². The van der Waals surface area contributed by atoms with Crippen LogP contribution in [0.15, 0.2) is 41.3 Å². The number of anilines is 1. The molecule has 0 bridgehead atoms. The SMILES string of the molecule is Nc1ccc(C(=O)NCc2ccoc2)nc1. The van der Waals surface area contributed by atoms with Crippen LogP contribution in [0.3, 0.4) is 0 Å². The number of pyridine rings is 1. The van der Waals surface area contributed by atoms with Crippen LogP contribution in [0.1, 0.15) is 16.1 Å². The molecule has 5 heteroatoms. The molecular weight excluding hydrogens is 206 g/mol. The van der Waals surface area contributed by atoms with Gasteiger partial charge in [-0.1, -0.05) is 0 Å². The van der Waals surface area contributed by atoms with Gasteiger partial charge >= 0.3 is 0 Å². The van der Waals surface area contributed by atoms with Crippen LogP contribution < -0.4 is 11.1 Å². The first-order valence-electron chi connectivity index (χ1n) is 4.76. The standard InChI is InChI=1S/C11H11N3O2/c12-9-1-2-10(13-6-9)11(15)14-5-8-3-4-16-7-8/h1-4,6-7H,5,12H2,(H,14,15). The monoisotopic (exact) mass is 217 g/mol. The Morgan fingerprint density at radius 3 is 2.94 bits per heavy atom. The molecule has 2 rings (SSSR count). The van der Waals surface area contributed by atoms with E-state index in [-0.39, 0.29) is 5.91 Å². The summed E-state index contributed by atoms with van der Waals surface area (Å²) in [6, 6.07) is 5.01. The number of rotatable bonds is 3. The van der Waals surface area contributed by atoms with Crippen molar-refractivity contribution < 1.29 is 9.21 Å².